The molecule has 0 aromatic heterocycles. The molecule has 0 saturated carbocycles. The van der Waals surface area contributed by atoms with Crippen molar-refractivity contribution in [2.45, 2.75) is 12.8 Å². The predicted molar refractivity (Wildman–Crippen MR) is 64.9 cm³/mol. The summed E-state index contributed by atoms with van der Waals surface area (Å²) < 4.78 is 5.29. The first kappa shape index (κ1) is 12.8. The van der Waals surface area contributed by atoms with E-state index in [2.05, 4.69) is 5.32 Å². The highest BCUT2D eigenvalue weighted by molar-refractivity contribution is 6.17. The minimum absolute atomic E-state index is 0.0604. The second kappa shape index (κ2) is 7.99. The van der Waals surface area contributed by atoms with Crippen molar-refractivity contribution in [1.29, 1.82) is 0 Å². The van der Waals surface area contributed by atoms with Crippen molar-refractivity contribution < 1.29 is 9.53 Å². The lowest BCUT2D eigenvalue weighted by Crippen LogP contribution is -2.29. The molecule has 0 bridgehead atoms. The fourth-order valence-electron chi connectivity index (χ4n) is 1.16. The average molecular weight is 242 g/mol. The van der Waals surface area contributed by atoms with Crippen LogP contribution in [0.1, 0.15) is 12.8 Å². The zero-order valence-corrected chi connectivity index (χ0v) is 9.87. The molecule has 1 N–H and O–H groups in total. The standard InChI is InChI=1S/C12H16ClNO2/c13-8-4-5-9-14-12(15)10-16-11-6-2-1-3-7-11/h1-3,6-7H,4-5,8-10H2,(H,14,15). The highest BCUT2D eigenvalue weighted by Gasteiger charge is 2.01. The van der Waals surface area contributed by atoms with Gasteiger partial charge in [0, 0.05) is 12.4 Å². The number of benzene rings is 1. The van der Waals surface area contributed by atoms with Gasteiger partial charge in [0.15, 0.2) is 6.61 Å². The van der Waals surface area contributed by atoms with Gasteiger partial charge in [0.25, 0.3) is 5.91 Å². The molecule has 0 saturated heterocycles. The van der Waals surface area contributed by atoms with E-state index < -0.39 is 0 Å². The summed E-state index contributed by atoms with van der Waals surface area (Å²) in [7, 11) is 0. The maximum atomic E-state index is 11.3. The van der Waals surface area contributed by atoms with Crippen LogP contribution in [0.15, 0.2) is 30.3 Å². The molecule has 1 amide bonds. The van der Waals surface area contributed by atoms with E-state index in [-0.39, 0.29) is 12.5 Å². The van der Waals surface area contributed by atoms with Gasteiger partial charge in [-0.3, -0.25) is 4.79 Å². The molecule has 0 spiro atoms. The van der Waals surface area contributed by atoms with Crippen molar-refractivity contribution in [3.8, 4) is 5.75 Å². The Hall–Kier alpha value is -1.22. The molecule has 0 aliphatic rings. The van der Waals surface area contributed by atoms with Gasteiger partial charge in [0.2, 0.25) is 0 Å². The van der Waals surface area contributed by atoms with E-state index in [0.717, 1.165) is 12.8 Å². The predicted octanol–water partition coefficient (Wildman–Crippen LogP) is 2.20. The van der Waals surface area contributed by atoms with Crippen LogP contribution in [0.25, 0.3) is 0 Å². The fraction of sp³-hybridized carbons (Fsp3) is 0.417. The number of carbonyl (C=O) groups is 1. The third-order valence-corrected chi connectivity index (χ3v) is 2.26. The largest absolute Gasteiger partial charge is 0.484 e. The van der Waals surface area contributed by atoms with Crippen molar-refractivity contribution in [3.05, 3.63) is 30.3 Å². The molecule has 1 aromatic rings. The lowest BCUT2D eigenvalue weighted by atomic mass is 10.3. The third-order valence-electron chi connectivity index (χ3n) is 2.00. The maximum Gasteiger partial charge on any atom is 0.257 e. The van der Waals surface area contributed by atoms with Crippen LogP contribution in [0.4, 0.5) is 0 Å². The Morgan fingerprint density at radius 1 is 1.25 bits per heavy atom. The normalized spacial score (nSPS) is 9.81. The van der Waals surface area contributed by atoms with E-state index in [9.17, 15) is 4.79 Å². The van der Waals surface area contributed by atoms with Crippen molar-refractivity contribution in [1.82, 2.24) is 5.32 Å². The number of hydrogen-bond acceptors (Lipinski definition) is 2. The number of rotatable bonds is 7. The fourth-order valence-corrected chi connectivity index (χ4v) is 1.35. The van der Waals surface area contributed by atoms with E-state index in [1.807, 2.05) is 30.3 Å². The van der Waals surface area contributed by atoms with Gasteiger partial charge in [-0.25, -0.2) is 0 Å². The summed E-state index contributed by atoms with van der Waals surface area (Å²) in [5.41, 5.74) is 0. The summed E-state index contributed by atoms with van der Waals surface area (Å²) in [6, 6.07) is 9.28. The first-order chi connectivity index (χ1) is 7.83. The van der Waals surface area contributed by atoms with Crippen LogP contribution in [-0.4, -0.2) is 24.9 Å². The number of nitrogens with one attached hydrogen (secondary N) is 1. The Morgan fingerprint density at radius 2 is 2.00 bits per heavy atom. The third kappa shape index (κ3) is 5.61. The highest BCUT2D eigenvalue weighted by atomic mass is 35.5. The van der Waals surface area contributed by atoms with Gasteiger partial charge in [-0.15, -0.1) is 11.6 Å². The van der Waals surface area contributed by atoms with E-state index in [1.54, 1.807) is 0 Å². The number of alkyl halides is 1. The lowest BCUT2D eigenvalue weighted by Gasteiger charge is -2.06. The van der Waals surface area contributed by atoms with E-state index in [4.69, 9.17) is 16.3 Å². The van der Waals surface area contributed by atoms with Crippen molar-refractivity contribution in [2.24, 2.45) is 0 Å². The Morgan fingerprint density at radius 3 is 2.69 bits per heavy atom. The number of halogens is 1. The number of amides is 1. The summed E-state index contributed by atoms with van der Waals surface area (Å²) in [4.78, 5) is 11.3. The van der Waals surface area contributed by atoms with Crippen LogP contribution < -0.4 is 10.1 Å². The molecule has 4 heteroatoms. The molecular formula is C12H16ClNO2. The van der Waals surface area contributed by atoms with Crippen molar-refractivity contribution in [3.63, 3.8) is 0 Å². The Balaban J connectivity index is 2.11. The van der Waals surface area contributed by atoms with Gasteiger partial charge in [0.1, 0.15) is 5.75 Å². The molecular weight excluding hydrogens is 226 g/mol. The minimum Gasteiger partial charge on any atom is -0.484 e. The Bertz CT molecular complexity index is 303. The van der Waals surface area contributed by atoms with Crippen LogP contribution in [-0.2, 0) is 4.79 Å². The summed E-state index contributed by atoms with van der Waals surface area (Å²) in [5.74, 6) is 1.24. The van der Waals surface area contributed by atoms with Gasteiger partial charge in [-0.05, 0) is 25.0 Å². The van der Waals surface area contributed by atoms with Gasteiger partial charge < -0.3 is 10.1 Å². The van der Waals surface area contributed by atoms with Crippen LogP contribution in [0.2, 0.25) is 0 Å². The quantitative estimate of drug-likeness (QED) is 0.587. The summed E-state index contributed by atoms with van der Waals surface area (Å²) >= 11 is 5.52. The number of para-hydroxylation sites is 1. The zero-order chi connectivity index (χ0) is 11.6. The Kier molecular flexibility index (Phi) is 6.42. The molecule has 0 heterocycles. The van der Waals surface area contributed by atoms with Crippen LogP contribution in [0.3, 0.4) is 0 Å². The van der Waals surface area contributed by atoms with Crippen molar-refractivity contribution in [2.75, 3.05) is 19.0 Å². The summed E-state index contributed by atoms with van der Waals surface area (Å²) in [6.07, 6.45) is 1.82. The van der Waals surface area contributed by atoms with Gasteiger partial charge in [-0.1, -0.05) is 18.2 Å². The van der Waals surface area contributed by atoms with Crippen molar-refractivity contribution >= 4 is 17.5 Å². The molecule has 0 aliphatic heterocycles. The molecule has 88 valence electrons. The van der Waals surface area contributed by atoms with Gasteiger partial charge in [-0.2, -0.15) is 0 Å². The minimum atomic E-state index is -0.0987. The monoisotopic (exact) mass is 241 g/mol. The van der Waals surface area contributed by atoms with Crippen LogP contribution in [0, 0.1) is 0 Å². The molecule has 0 aliphatic carbocycles. The number of unbranched alkanes of at least 4 members (excludes halogenated alkanes) is 1. The topological polar surface area (TPSA) is 38.3 Å². The van der Waals surface area contributed by atoms with E-state index >= 15 is 0 Å². The molecule has 1 rings (SSSR count). The first-order valence-corrected chi connectivity index (χ1v) is 5.87. The molecule has 0 fully saturated rings. The first-order valence-electron chi connectivity index (χ1n) is 5.33. The summed E-state index contributed by atoms with van der Waals surface area (Å²) in [5, 5.41) is 2.77. The second-order valence-corrected chi connectivity index (χ2v) is 3.73. The SMILES string of the molecule is O=C(COc1ccccc1)NCCCCCl. The number of ether oxygens (including phenoxy) is 1. The smallest absolute Gasteiger partial charge is 0.257 e. The highest BCUT2D eigenvalue weighted by Crippen LogP contribution is 2.07. The second-order valence-electron chi connectivity index (χ2n) is 3.35. The van der Waals surface area contributed by atoms with Gasteiger partial charge in [0.05, 0.1) is 0 Å². The van der Waals surface area contributed by atoms with E-state index in [1.165, 1.54) is 0 Å². The van der Waals surface area contributed by atoms with Crippen LogP contribution >= 0.6 is 11.6 Å². The summed E-state index contributed by atoms with van der Waals surface area (Å²) in [6.45, 7) is 0.717. The number of hydrogen-bond donors (Lipinski definition) is 1. The molecule has 0 unspecified atom stereocenters. The Labute approximate surface area is 101 Å². The zero-order valence-electron chi connectivity index (χ0n) is 9.12. The maximum absolute atomic E-state index is 11.3. The molecule has 3 nitrogen and oxygen atoms in total. The van der Waals surface area contributed by atoms with Gasteiger partial charge >= 0.3 is 0 Å². The molecule has 1 aromatic carbocycles. The van der Waals surface area contributed by atoms with E-state index in [0.29, 0.717) is 18.2 Å². The van der Waals surface area contributed by atoms with Crippen LogP contribution in [0.5, 0.6) is 5.75 Å². The molecule has 0 atom stereocenters. The molecule has 16 heavy (non-hydrogen) atoms. The average Bonchev–Trinajstić information content (AvgIpc) is 2.33. The lowest BCUT2D eigenvalue weighted by molar-refractivity contribution is -0.123. The number of carbonyl (C=O) groups excluding carboxylic acids is 1. The molecule has 0 radical (unpaired) electrons.